The standard InChI is InChI=1S/C19H32O/c1-5-7-8-9-10-17(4)20-15-18-11-13-19(14-12-18)16(3)6-2/h11-14,16-17H,5-10,15H2,1-4H3. The third kappa shape index (κ3) is 6.56. The minimum Gasteiger partial charge on any atom is -0.374 e. The van der Waals surface area contributed by atoms with Crippen LogP contribution in [0, 0.1) is 0 Å². The van der Waals surface area contributed by atoms with E-state index in [0.717, 1.165) is 6.61 Å². The summed E-state index contributed by atoms with van der Waals surface area (Å²) in [6, 6.07) is 8.92. The van der Waals surface area contributed by atoms with Crippen LogP contribution in [0.2, 0.25) is 0 Å². The molecule has 2 unspecified atom stereocenters. The molecule has 0 heterocycles. The Hall–Kier alpha value is -0.820. The lowest BCUT2D eigenvalue weighted by Crippen LogP contribution is -2.08. The molecule has 1 aromatic carbocycles. The van der Waals surface area contributed by atoms with Gasteiger partial charge in [-0.25, -0.2) is 0 Å². The summed E-state index contributed by atoms with van der Waals surface area (Å²) in [4.78, 5) is 0. The average molecular weight is 276 g/mol. The molecule has 1 rings (SSSR count). The maximum atomic E-state index is 5.93. The highest BCUT2D eigenvalue weighted by Crippen LogP contribution is 2.19. The molecule has 0 N–H and O–H groups in total. The molecule has 0 aliphatic heterocycles. The highest BCUT2D eigenvalue weighted by molar-refractivity contribution is 5.24. The van der Waals surface area contributed by atoms with Gasteiger partial charge in [0.25, 0.3) is 0 Å². The van der Waals surface area contributed by atoms with Gasteiger partial charge in [0, 0.05) is 0 Å². The van der Waals surface area contributed by atoms with E-state index in [1.807, 2.05) is 0 Å². The summed E-state index contributed by atoms with van der Waals surface area (Å²) in [5.41, 5.74) is 2.72. The van der Waals surface area contributed by atoms with Crippen LogP contribution in [-0.4, -0.2) is 6.10 Å². The molecular weight excluding hydrogens is 244 g/mol. The van der Waals surface area contributed by atoms with Gasteiger partial charge >= 0.3 is 0 Å². The first kappa shape index (κ1) is 17.2. The summed E-state index contributed by atoms with van der Waals surface area (Å²) in [6.07, 6.45) is 8.05. The lowest BCUT2D eigenvalue weighted by molar-refractivity contribution is 0.0459. The third-order valence-corrected chi connectivity index (χ3v) is 4.16. The molecular formula is C19H32O. The largest absolute Gasteiger partial charge is 0.374 e. The van der Waals surface area contributed by atoms with Gasteiger partial charge in [0.2, 0.25) is 0 Å². The lowest BCUT2D eigenvalue weighted by Gasteiger charge is -2.14. The van der Waals surface area contributed by atoms with Crippen molar-refractivity contribution in [3.05, 3.63) is 35.4 Å². The monoisotopic (exact) mass is 276 g/mol. The number of rotatable bonds is 10. The Morgan fingerprint density at radius 3 is 2.25 bits per heavy atom. The molecule has 0 spiro atoms. The van der Waals surface area contributed by atoms with Crippen molar-refractivity contribution < 1.29 is 4.74 Å². The summed E-state index contributed by atoms with van der Waals surface area (Å²) in [6.45, 7) is 9.71. The van der Waals surface area contributed by atoms with E-state index in [2.05, 4.69) is 52.0 Å². The number of hydrogen-bond donors (Lipinski definition) is 0. The molecule has 0 aliphatic rings. The van der Waals surface area contributed by atoms with Crippen LogP contribution < -0.4 is 0 Å². The third-order valence-electron chi connectivity index (χ3n) is 4.16. The van der Waals surface area contributed by atoms with E-state index in [0.29, 0.717) is 12.0 Å². The molecule has 0 fully saturated rings. The van der Waals surface area contributed by atoms with Gasteiger partial charge in [0.1, 0.15) is 0 Å². The van der Waals surface area contributed by atoms with Crippen LogP contribution in [0.5, 0.6) is 0 Å². The molecule has 1 aromatic rings. The van der Waals surface area contributed by atoms with Crippen molar-refractivity contribution in [2.75, 3.05) is 0 Å². The zero-order valence-corrected chi connectivity index (χ0v) is 13.8. The fourth-order valence-electron chi connectivity index (χ4n) is 2.36. The summed E-state index contributed by atoms with van der Waals surface area (Å²) < 4.78 is 5.93. The summed E-state index contributed by atoms with van der Waals surface area (Å²) in [7, 11) is 0. The Labute approximate surface area is 125 Å². The van der Waals surface area contributed by atoms with Crippen LogP contribution in [0.25, 0.3) is 0 Å². The van der Waals surface area contributed by atoms with Gasteiger partial charge in [-0.3, -0.25) is 0 Å². The average Bonchev–Trinajstić information content (AvgIpc) is 2.49. The van der Waals surface area contributed by atoms with Crippen LogP contribution in [0.3, 0.4) is 0 Å². The second-order valence-electron chi connectivity index (χ2n) is 6.02. The number of unbranched alkanes of at least 4 members (excludes halogenated alkanes) is 3. The Kier molecular flexibility index (Phi) is 8.60. The van der Waals surface area contributed by atoms with Crippen LogP contribution >= 0.6 is 0 Å². The van der Waals surface area contributed by atoms with Crippen molar-refractivity contribution in [3.63, 3.8) is 0 Å². The molecule has 0 aliphatic carbocycles. The first-order valence-electron chi connectivity index (χ1n) is 8.37. The van der Waals surface area contributed by atoms with Gasteiger partial charge < -0.3 is 4.74 Å². The quantitative estimate of drug-likeness (QED) is 0.471. The van der Waals surface area contributed by atoms with Crippen LogP contribution in [0.4, 0.5) is 0 Å². The van der Waals surface area contributed by atoms with E-state index >= 15 is 0 Å². The molecule has 20 heavy (non-hydrogen) atoms. The number of ether oxygens (including phenoxy) is 1. The second kappa shape index (κ2) is 9.99. The van der Waals surface area contributed by atoms with Gasteiger partial charge in [-0.1, -0.05) is 70.7 Å². The van der Waals surface area contributed by atoms with Crippen LogP contribution in [-0.2, 0) is 11.3 Å². The molecule has 0 bridgehead atoms. The molecule has 0 aromatic heterocycles. The number of benzene rings is 1. The maximum absolute atomic E-state index is 5.93. The van der Waals surface area contributed by atoms with Crippen molar-refractivity contribution in [1.29, 1.82) is 0 Å². The zero-order valence-electron chi connectivity index (χ0n) is 13.8. The predicted molar refractivity (Wildman–Crippen MR) is 88.2 cm³/mol. The van der Waals surface area contributed by atoms with E-state index in [1.54, 1.807) is 0 Å². The van der Waals surface area contributed by atoms with Gasteiger partial charge in [-0.15, -0.1) is 0 Å². The number of hydrogen-bond acceptors (Lipinski definition) is 1. The first-order valence-corrected chi connectivity index (χ1v) is 8.37. The predicted octanol–water partition coefficient (Wildman–Crippen LogP) is 6.08. The van der Waals surface area contributed by atoms with Gasteiger partial charge in [-0.05, 0) is 36.8 Å². The van der Waals surface area contributed by atoms with Crippen molar-refractivity contribution in [2.45, 2.75) is 84.8 Å². The highest BCUT2D eigenvalue weighted by Gasteiger charge is 2.05. The topological polar surface area (TPSA) is 9.23 Å². The summed E-state index contributed by atoms with van der Waals surface area (Å²) in [5.74, 6) is 0.655. The Morgan fingerprint density at radius 2 is 1.65 bits per heavy atom. The molecule has 1 nitrogen and oxygen atoms in total. The van der Waals surface area contributed by atoms with Gasteiger partial charge in [0.15, 0.2) is 0 Å². The van der Waals surface area contributed by atoms with Crippen molar-refractivity contribution in [1.82, 2.24) is 0 Å². The fraction of sp³-hybridized carbons (Fsp3) is 0.684. The normalized spacial score (nSPS) is 14.2. The Bertz CT molecular complexity index is 341. The van der Waals surface area contributed by atoms with Gasteiger partial charge in [0.05, 0.1) is 12.7 Å². The Balaban J connectivity index is 2.27. The van der Waals surface area contributed by atoms with Gasteiger partial charge in [-0.2, -0.15) is 0 Å². The minimum atomic E-state index is 0.376. The molecule has 114 valence electrons. The second-order valence-corrected chi connectivity index (χ2v) is 6.02. The van der Waals surface area contributed by atoms with Crippen molar-refractivity contribution in [2.24, 2.45) is 0 Å². The van der Waals surface area contributed by atoms with E-state index < -0.39 is 0 Å². The smallest absolute Gasteiger partial charge is 0.0720 e. The van der Waals surface area contributed by atoms with Crippen molar-refractivity contribution >= 4 is 0 Å². The lowest BCUT2D eigenvalue weighted by atomic mass is 9.98. The zero-order chi connectivity index (χ0) is 14.8. The van der Waals surface area contributed by atoms with E-state index in [-0.39, 0.29) is 0 Å². The van der Waals surface area contributed by atoms with Crippen LogP contribution in [0.1, 0.15) is 83.3 Å². The van der Waals surface area contributed by atoms with Crippen LogP contribution in [0.15, 0.2) is 24.3 Å². The fourth-order valence-corrected chi connectivity index (χ4v) is 2.36. The van der Waals surface area contributed by atoms with E-state index in [4.69, 9.17) is 4.74 Å². The maximum Gasteiger partial charge on any atom is 0.0720 e. The molecule has 0 amide bonds. The molecule has 2 atom stereocenters. The molecule has 0 saturated carbocycles. The molecule has 0 saturated heterocycles. The molecule has 0 radical (unpaired) electrons. The SMILES string of the molecule is CCCCCCC(C)OCc1ccc(C(C)CC)cc1. The highest BCUT2D eigenvalue weighted by atomic mass is 16.5. The van der Waals surface area contributed by atoms with E-state index in [9.17, 15) is 0 Å². The summed E-state index contributed by atoms with van der Waals surface area (Å²) >= 11 is 0. The van der Waals surface area contributed by atoms with Crippen molar-refractivity contribution in [3.8, 4) is 0 Å². The molecule has 1 heteroatoms. The summed E-state index contributed by atoms with van der Waals surface area (Å²) in [5, 5.41) is 0. The van der Waals surface area contributed by atoms with E-state index in [1.165, 1.54) is 49.7 Å². The Morgan fingerprint density at radius 1 is 0.950 bits per heavy atom. The first-order chi connectivity index (χ1) is 9.67. The minimum absolute atomic E-state index is 0.376.